The molecule has 0 aromatic rings. The summed E-state index contributed by atoms with van der Waals surface area (Å²) in [6, 6.07) is 0. The normalized spacial score (nSPS) is 23.7. The number of hydrogen-bond acceptors (Lipinski definition) is 3. The van der Waals surface area contributed by atoms with Crippen LogP contribution in [0.5, 0.6) is 0 Å². The summed E-state index contributed by atoms with van der Waals surface area (Å²) in [6.45, 7) is 4.23. The van der Waals surface area contributed by atoms with Crippen LogP contribution in [0.4, 0.5) is 0 Å². The quantitative estimate of drug-likeness (QED) is 0.326. The first-order valence-corrected chi connectivity index (χ1v) is 6.48. The summed E-state index contributed by atoms with van der Waals surface area (Å²) >= 11 is 0. The van der Waals surface area contributed by atoms with Gasteiger partial charge in [-0.2, -0.15) is 0 Å². The third-order valence-corrected chi connectivity index (χ3v) is 3.50. The summed E-state index contributed by atoms with van der Waals surface area (Å²) in [7, 11) is 0. The highest BCUT2D eigenvalue weighted by Crippen LogP contribution is 2.32. The fourth-order valence-corrected chi connectivity index (χ4v) is 2.53. The average Bonchev–Trinajstić information content (AvgIpc) is 2.37. The predicted octanol–water partition coefficient (Wildman–Crippen LogP) is 1.73. The lowest BCUT2D eigenvalue weighted by molar-refractivity contribution is -0.138. The number of carbonyl (C=O) groups excluding carboxylic acids is 2. The Balaban J connectivity index is 2.70. The molecule has 0 bridgehead atoms. The molecule has 1 aliphatic rings. The molecule has 1 amide bonds. The molecule has 3 N–H and O–H groups in total. The number of Topliss-reactive ketones (excluding diaryl/α,β-unsaturated/α-hetero) is 1. The number of carbonyl (C=O) groups is 2. The predicted molar refractivity (Wildman–Crippen MR) is 71.3 cm³/mol. The van der Waals surface area contributed by atoms with E-state index in [4.69, 9.17) is 5.84 Å². The Morgan fingerprint density at radius 3 is 2.56 bits per heavy atom. The highest BCUT2D eigenvalue weighted by Gasteiger charge is 2.27. The summed E-state index contributed by atoms with van der Waals surface area (Å²) in [4.78, 5) is 22.9. The van der Waals surface area contributed by atoms with Crippen LogP contribution in [-0.4, -0.2) is 11.7 Å². The molecule has 0 fully saturated rings. The molecule has 1 rings (SSSR count). The lowest BCUT2D eigenvalue weighted by Gasteiger charge is -2.29. The van der Waals surface area contributed by atoms with Crippen LogP contribution in [0.3, 0.4) is 0 Å². The van der Waals surface area contributed by atoms with Crippen LogP contribution < -0.4 is 11.3 Å². The third-order valence-electron chi connectivity index (χ3n) is 3.50. The van der Waals surface area contributed by atoms with E-state index >= 15 is 0 Å². The second-order valence-corrected chi connectivity index (χ2v) is 4.86. The number of nitrogens with two attached hydrogens (primary N) is 1. The third kappa shape index (κ3) is 3.81. The van der Waals surface area contributed by atoms with Gasteiger partial charge in [0.05, 0.1) is 0 Å². The van der Waals surface area contributed by atoms with Crippen molar-refractivity contribution in [3.05, 3.63) is 24.3 Å². The van der Waals surface area contributed by atoms with E-state index in [1.165, 1.54) is 0 Å². The van der Waals surface area contributed by atoms with Crippen LogP contribution in [0.1, 0.15) is 33.1 Å². The van der Waals surface area contributed by atoms with Gasteiger partial charge in [0.1, 0.15) is 0 Å². The van der Waals surface area contributed by atoms with E-state index in [1.807, 2.05) is 17.6 Å². The fraction of sp³-hybridized carbons (Fsp3) is 0.571. The van der Waals surface area contributed by atoms with Crippen molar-refractivity contribution in [3.63, 3.8) is 0 Å². The van der Waals surface area contributed by atoms with E-state index in [0.717, 1.165) is 12.8 Å². The summed E-state index contributed by atoms with van der Waals surface area (Å²) in [5, 5.41) is 0. The Labute approximate surface area is 108 Å². The highest BCUT2D eigenvalue weighted by molar-refractivity contribution is 6.36. The monoisotopic (exact) mass is 250 g/mol. The molecule has 0 aliphatic heterocycles. The largest absolute Gasteiger partial charge is 0.301 e. The average molecular weight is 250 g/mol. The van der Waals surface area contributed by atoms with Gasteiger partial charge in [-0.1, -0.05) is 44.6 Å². The van der Waals surface area contributed by atoms with Gasteiger partial charge < -0.3 is 0 Å². The Kier molecular flexibility index (Phi) is 5.78. The minimum atomic E-state index is -0.695. The van der Waals surface area contributed by atoms with E-state index in [9.17, 15) is 9.59 Å². The molecule has 0 aromatic heterocycles. The zero-order chi connectivity index (χ0) is 13.5. The molecular weight excluding hydrogens is 228 g/mol. The SMILES string of the molecule is CCCC(CC(=O)C(=O)NN)C1C=CC=CC1C. The summed E-state index contributed by atoms with van der Waals surface area (Å²) in [6.07, 6.45) is 10.5. The van der Waals surface area contributed by atoms with Crippen LogP contribution >= 0.6 is 0 Å². The molecule has 0 saturated carbocycles. The van der Waals surface area contributed by atoms with Crippen LogP contribution in [-0.2, 0) is 9.59 Å². The maximum atomic E-state index is 11.7. The molecule has 18 heavy (non-hydrogen) atoms. The van der Waals surface area contributed by atoms with Gasteiger partial charge in [0.15, 0.2) is 0 Å². The Morgan fingerprint density at radius 2 is 2.00 bits per heavy atom. The van der Waals surface area contributed by atoms with Crippen molar-refractivity contribution in [1.29, 1.82) is 0 Å². The van der Waals surface area contributed by atoms with Crippen molar-refractivity contribution in [2.45, 2.75) is 33.1 Å². The molecule has 1 aliphatic carbocycles. The molecule has 0 saturated heterocycles. The van der Waals surface area contributed by atoms with Gasteiger partial charge in [0.2, 0.25) is 5.78 Å². The van der Waals surface area contributed by atoms with Crippen LogP contribution in [0, 0.1) is 17.8 Å². The Hall–Kier alpha value is -1.42. The van der Waals surface area contributed by atoms with Crippen molar-refractivity contribution in [1.82, 2.24) is 5.43 Å². The number of nitrogens with one attached hydrogen (secondary N) is 1. The van der Waals surface area contributed by atoms with Gasteiger partial charge in [0.25, 0.3) is 0 Å². The van der Waals surface area contributed by atoms with Crippen LogP contribution in [0.2, 0.25) is 0 Å². The molecular formula is C14H22N2O2. The molecule has 4 heteroatoms. The fourth-order valence-electron chi connectivity index (χ4n) is 2.53. The second kappa shape index (κ2) is 7.11. The van der Waals surface area contributed by atoms with Gasteiger partial charge in [0, 0.05) is 6.42 Å². The minimum absolute atomic E-state index is 0.205. The molecule has 0 aromatic carbocycles. The Bertz CT molecular complexity index is 361. The number of allylic oxidation sites excluding steroid dienone is 4. The summed E-state index contributed by atoms with van der Waals surface area (Å²) < 4.78 is 0. The molecule has 0 radical (unpaired) electrons. The van der Waals surface area contributed by atoms with E-state index in [-0.39, 0.29) is 12.3 Å². The minimum Gasteiger partial charge on any atom is -0.289 e. The van der Waals surface area contributed by atoms with E-state index in [1.54, 1.807) is 0 Å². The van der Waals surface area contributed by atoms with Gasteiger partial charge in [-0.05, 0) is 24.2 Å². The first kappa shape index (κ1) is 14.6. The first-order chi connectivity index (χ1) is 8.60. The van der Waals surface area contributed by atoms with E-state index in [2.05, 4.69) is 26.0 Å². The molecule has 100 valence electrons. The van der Waals surface area contributed by atoms with Crippen molar-refractivity contribution in [2.24, 2.45) is 23.6 Å². The Morgan fingerprint density at radius 1 is 1.33 bits per heavy atom. The lowest BCUT2D eigenvalue weighted by atomic mass is 9.76. The van der Waals surface area contributed by atoms with Gasteiger partial charge in [-0.3, -0.25) is 15.0 Å². The molecule has 0 heterocycles. The molecule has 4 nitrogen and oxygen atoms in total. The standard InChI is InChI=1S/C14H22N2O2/c1-3-6-11(9-13(17)14(18)16-15)12-8-5-4-7-10(12)2/h4-5,7-8,10-12H,3,6,9,15H2,1-2H3,(H,16,18). The van der Waals surface area contributed by atoms with Crippen LogP contribution in [0.25, 0.3) is 0 Å². The number of rotatable bonds is 6. The highest BCUT2D eigenvalue weighted by atomic mass is 16.2. The lowest BCUT2D eigenvalue weighted by Crippen LogP contribution is -2.38. The maximum Gasteiger partial charge on any atom is 0.301 e. The van der Waals surface area contributed by atoms with Crippen LogP contribution in [0.15, 0.2) is 24.3 Å². The van der Waals surface area contributed by atoms with Gasteiger partial charge in [-0.15, -0.1) is 0 Å². The number of hydrazine groups is 1. The summed E-state index contributed by atoms with van der Waals surface area (Å²) in [5.41, 5.74) is 1.91. The first-order valence-electron chi connectivity index (χ1n) is 6.48. The number of hydrogen-bond donors (Lipinski definition) is 2. The zero-order valence-corrected chi connectivity index (χ0v) is 11.1. The smallest absolute Gasteiger partial charge is 0.289 e. The zero-order valence-electron chi connectivity index (χ0n) is 11.1. The van der Waals surface area contributed by atoms with Crippen molar-refractivity contribution in [3.8, 4) is 0 Å². The van der Waals surface area contributed by atoms with E-state index in [0.29, 0.717) is 11.8 Å². The molecule has 3 unspecified atom stereocenters. The maximum absolute atomic E-state index is 11.7. The van der Waals surface area contributed by atoms with Gasteiger partial charge in [-0.25, -0.2) is 5.84 Å². The number of amides is 1. The molecule has 0 spiro atoms. The summed E-state index contributed by atoms with van der Waals surface area (Å²) in [5.74, 6) is 4.79. The number of ketones is 1. The second-order valence-electron chi connectivity index (χ2n) is 4.86. The van der Waals surface area contributed by atoms with E-state index < -0.39 is 11.7 Å². The van der Waals surface area contributed by atoms with Crippen molar-refractivity contribution < 1.29 is 9.59 Å². The van der Waals surface area contributed by atoms with Gasteiger partial charge >= 0.3 is 5.91 Å². The van der Waals surface area contributed by atoms with Crippen molar-refractivity contribution in [2.75, 3.05) is 0 Å². The topological polar surface area (TPSA) is 72.2 Å². The molecule has 3 atom stereocenters. The van der Waals surface area contributed by atoms with Crippen molar-refractivity contribution >= 4 is 11.7 Å².